The van der Waals surface area contributed by atoms with E-state index < -0.39 is 0 Å². The molecule has 10 heavy (non-hydrogen) atoms. The third kappa shape index (κ3) is 1.52. The van der Waals surface area contributed by atoms with Gasteiger partial charge in [0.1, 0.15) is 5.82 Å². The molecule has 0 aliphatic heterocycles. The van der Waals surface area contributed by atoms with Crippen LogP contribution < -0.4 is 5.73 Å². The fraction of sp³-hybridized carbons (Fsp3) is 0. The third-order valence-corrected chi connectivity index (χ3v) is 2.38. The summed E-state index contributed by atoms with van der Waals surface area (Å²) in [5.41, 5.74) is 5.77. The van der Waals surface area contributed by atoms with Crippen LogP contribution in [0.1, 0.15) is 0 Å². The summed E-state index contributed by atoms with van der Waals surface area (Å²) in [6.45, 7) is 0. The molecule has 1 aromatic rings. The highest BCUT2D eigenvalue weighted by Gasteiger charge is 2.03. The Morgan fingerprint density at radius 2 is 2.10 bits per heavy atom. The van der Waals surface area contributed by atoms with E-state index in [9.17, 15) is 4.39 Å². The van der Waals surface area contributed by atoms with Crippen LogP contribution >= 0.6 is 34.2 Å². The largest absolute Gasteiger partial charge is 0.398 e. The summed E-state index contributed by atoms with van der Waals surface area (Å²) in [4.78, 5) is 0. The van der Waals surface area contributed by atoms with Crippen LogP contribution in [0.15, 0.2) is 12.1 Å². The zero-order valence-electron chi connectivity index (χ0n) is 4.87. The average molecular weight is 271 g/mol. The van der Waals surface area contributed by atoms with E-state index in [4.69, 9.17) is 17.3 Å². The van der Waals surface area contributed by atoms with Gasteiger partial charge >= 0.3 is 0 Å². The summed E-state index contributed by atoms with van der Waals surface area (Å²) < 4.78 is 13.1. The molecule has 0 aromatic heterocycles. The van der Waals surface area contributed by atoms with Crippen LogP contribution in [0.4, 0.5) is 10.1 Å². The first-order valence-corrected chi connectivity index (χ1v) is 3.97. The molecule has 0 aliphatic carbocycles. The molecule has 54 valence electrons. The number of rotatable bonds is 0. The minimum atomic E-state index is -0.370. The van der Waals surface area contributed by atoms with Crippen molar-refractivity contribution in [3.63, 3.8) is 0 Å². The Labute approximate surface area is 76.5 Å². The lowest BCUT2D eigenvalue weighted by Gasteiger charge is -1.98. The second-order valence-electron chi connectivity index (χ2n) is 1.79. The number of hydrogen-bond donors (Lipinski definition) is 1. The zero-order valence-corrected chi connectivity index (χ0v) is 7.78. The van der Waals surface area contributed by atoms with Crippen molar-refractivity contribution < 1.29 is 4.39 Å². The van der Waals surface area contributed by atoms with Crippen molar-refractivity contribution in [3.05, 3.63) is 26.5 Å². The molecule has 0 saturated heterocycles. The van der Waals surface area contributed by atoms with Gasteiger partial charge in [-0.2, -0.15) is 0 Å². The van der Waals surface area contributed by atoms with E-state index in [-0.39, 0.29) is 5.82 Å². The van der Waals surface area contributed by atoms with Crippen LogP contribution in [-0.2, 0) is 0 Å². The van der Waals surface area contributed by atoms with Gasteiger partial charge in [-0.3, -0.25) is 0 Å². The van der Waals surface area contributed by atoms with Crippen molar-refractivity contribution in [1.82, 2.24) is 0 Å². The van der Waals surface area contributed by atoms with E-state index in [0.29, 0.717) is 14.3 Å². The number of halogens is 3. The fourth-order valence-corrected chi connectivity index (χ4v) is 1.10. The Bertz CT molecular complexity index is 241. The number of anilines is 1. The van der Waals surface area contributed by atoms with Gasteiger partial charge in [0.05, 0.1) is 3.57 Å². The zero-order chi connectivity index (χ0) is 7.72. The molecule has 1 aromatic carbocycles. The highest BCUT2D eigenvalue weighted by molar-refractivity contribution is 14.1. The van der Waals surface area contributed by atoms with Gasteiger partial charge in [-0.25, -0.2) is 4.39 Å². The molecule has 1 rings (SSSR count). The molecule has 0 saturated carbocycles. The lowest BCUT2D eigenvalue weighted by atomic mass is 10.3. The molecule has 0 bridgehead atoms. The number of nitrogen functional groups attached to an aromatic ring is 1. The Hall–Kier alpha value is -0.0300. The standard InChI is InChI=1S/C6H4ClFIN/c7-3-1-4(8)6(9)5(10)2-3/h1-2H,10H2. The Morgan fingerprint density at radius 3 is 2.60 bits per heavy atom. The smallest absolute Gasteiger partial charge is 0.140 e. The van der Waals surface area contributed by atoms with Gasteiger partial charge in [-0.15, -0.1) is 0 Å². The van der Waals surface area contributed by atoms with Crippen LogP contribution in [0.3, 0.4) is 0 Å². The summed E-state index contributed by atoms with van der Waals surface area (Å²) in [6, 6.07) is 2.76. The van der Waals surface area contributed by atoms with Crippen LogP contribution in [0.25, 0.3) is 0 Å². The van der Waals surface area contributed by atoms with Crippen molar-refractivity contribution in [1.29, 1.82) is 0 Å². The van der Waals surface area contributed by atoms with Crippen LogP contribution in [0.2, 0.25) is 5.02 Å². The topological polar surface area (TPSA) is 26.0 Å². The molecule has 0 aliphatic rings. The minimum absolute atomic E-state index is 0.329. The van der Waals surface area contributed by atoms with E-state index in [2.05, 4.69) is 0 Å². The predicted octanol–water partition coefficient (Wildman–Crippen LogP) is 2.67. The molecule has 0 fully saturated rings. The maximum Gasteiger partial charge on any atom is 0.140 e. The summed E-state index contributed by atoms with van der Waals surface area (Å²) in [7, 11) is 0. The molecule has 4 heteroatoms. The Kier molecular flexibility index (Phi) is 2.36. The molecule has 0 heterocycles. The summed E-state index contributed by atoms with van der Waals surface area (Å²) in [5.74, 6) is -0.370. The van der Waals surface area contributed by atoms with E-state index in [1.54, 1.807) is 0 Å². The van der Waals surface area contributed by atoms with Gasteiger partial charge in [-0.05, 0) is 34.7 Å². The first-order valence-electron chi connectivity index (χ1n) is 2.51. The lowest BCUT2D eigenvalue weighted by Crippen LogP contribution is -1.92. The Morgan fingerprint density at radius 1 is 1.50 bits per heavy atom. The fourth-order valence-electron chi connectivity index (χ4n) is 0.576. The summed E-state index contributed by atoms with van der Waals surface area (Å²) in [6.07, 6.45) is 0. The van der Waals surface area contributed by atoms with E-state index in [1.807, 2.05) is 22.6 Å². The van der Waals surface area contributed by atoms with Crippen molar-refractivity contribution in [3.8, 4) is 0 Å². The summed E-state index contributed by atoms with van der Waals surface area (Å²) in [5, 5.41) is 0.329. The van der Waals surface area contributed by atoms with E-state index in [0.717, 1.165) is 0 Å². The molecule has 0 amide bonds. The highest BCUT2D eigenvalue weighted by atomic mass is 127. The molecule has 0 unspecified atom stereocenters. The van der Waals surface area contributed by atoms with Gasteiger partial charge in [0.25, 0.3) is 0 Å². The Balaban J connectivity index is 3.31. The molecule has 0 atom stereocenters. The van der Waals surface area contributed by atoms with E-state index in [1.165, 1.54) is 12.1 Å². The molecule has 0 radical (unpaired) electrons. The van der Waals surface area contributed by atoms with Crippen LogP contribution in [-0.4, -0.2) is 0 Å². The SMILES string of the molecule is Nc1cc(Cl)cc(F)c1I. The number of benzene rings is 1. The van der Waals surface area contributed by atoms with Crippen molar-refractivity contribution in [2.75, 3.05) is 5.73 Å². The van der Waals surface area contributed by atoms with Crippen molar-refractivity contribution in [2.45, 2.75) is 0 Å². The monoisotopic (exact) mass is 271 g/mol. The third-order valence-electron chi connectivity index (χ3n) is 1.02. The van der Waals surface area contributed by atoms with Gasteiger partial charge in [-0.1, -0.05) is 11.6 Å². The first kappa shape index (κ1) is 8.07. The number of nitrogens with two attached hydrogens (primary N) is 1. The maximum absolute atomic E-state index is 12.7. The minimum Gasteiger partial charge on any atom is -0.398 e. The number of hydrogen-bond acceptors (Lipinski definition) is 1. The molecular weight excluding hydrogens is 267 g/mol. The second-order valence-corrected chi connectivity index (χ2v) is 3.31. The molecule has 1 nitrogen and oxygen atoms in total. The van der Waals surface area contributed by atoms with Crippen LogP contribution in [0.5, 0.6) is 0 Å². The van der Waals surface area contributed by atoms with Gasteiger partial charge in [0.15, 0.2) is 0 Å². The molecule has 0 spiro atoms. The van der Waals surface area contributed by atoms with Gasteiger partial charge in [0, 0.05) is 10.7 Å². The van der Waals surface area contributed by atoms with Crippen molar-refractivity contribution >= 4 is 39.9 Å². The lowest BCUT2D eigenvalue weighted by molar-refractivity contribution is 0.621. The molecular formula is C6H4ClFIN. The van der Waals surface area contributed by atoms with Gasteiger partial charge < -0.3 is 5.73 Å². The average Bonchev–Trinajstić information content (AvgIpc) is 1.82. The molecule has 2 N–H and O–H groups in total. The normalized spacial score (nSPS) is 9.90. The highest BCUT2D eigenvalue weighted by Crippen LogP contribution is 2.22. The predicted molar refractivity (Wildman–Crippen MR) is 48.5 cm³/mol. The van der Waals surface area contributed by atoms with E-state index >= 15 is 0 Å². The van der Waals surface area contributed by atoms with Gasteiger partial charge in [0.2, 0.25) is 0 Å². The first-order chi connectivity index (χ1) is 4.61. The summed E-state index contributed by atoms with van der Waals surface area (Å²) >= 11 is 7.33. The maximum atomic E-state index is 12.7. The quantitative estimate of drug-likeness (QED) is 0.438. The van der Waals surface area contributed by atoms with Crippen LogP contribution in [0, 0.1) is 9.39 Å². The van der Waals surface area contributed by atoms with Crippen molar-refractivity contribution in [2.24, 2.45) is 0 Å². The second kappa shape index (κ2) is 2.92.